The first kappa shape index (κ1) is 20.6. The number of hydrogen-bond donors (Lipinski definition) is 1. The van der Waals surface area contributed by atoms with Crippen LogP contribution < -0.4 is 5.32 Å². The van der Waals surface area contributed by atoms with Crippen molar-refractivity contribution in [3.63, 3.8) is 0 Å². The zero-order chi connectivity index (χ0) is 20.4. The Hall–Kier alpha value is -2.12. The summed E-state index contributed by atoms with van der Waals surface area (Å²) in [6, 6.07) is 8.97. The third kappa shape index (κ3) is 4.64. The lowest BCUT2D eigenvalue weighted by atomic mass is 9.87. The number of amides is 1. The van der Waals surface area contributed by atoms with Crippen LogP contribution in [0.3, 0.4) is 0 Å². The van der Waals surface area contributed by atoms with Crippen molar-refractivity contribution in [1.29, 1.82) is 0 Å². The van der Waals surface area contributed by atoms with E-state index in [0.717, 1.165) is 31.2 Å². The zero-order valence-electron chi connectivity index (χ0n) is 17.1. The number of nitrogens with one attached hydrogen (secondary N) is 1. The molecule has 7 heteroatoms. The van der Waals surface area contributed by atoms with E-state index >= 15 is 0 Å². The molecule has 1 aromatic rings. The summed E-state index contributed by atoms with van der Waals surface area (Å²) in [4.78, 5) is 30.8. The number of hydroxylamine groups is 2. The van der Waals surface area contributed by atoms with Gasteiger partial charge in [-0.25, -0.2) is 4.79 Å². The summed E-state index contributed by atoms with van der Waals surface area (Å²) in [7, 11) is 1.38. The average molecular weight is 390 g/mol. The fourth-order valence-corrected chi connectivity index (χ4v) is 3.85. The molecule has 3 rings (SSSR count). The first-order valence-electron chi connectivity index (χ1n) is 9.85. The molecule has 0 aromatic heterocycles. The summed E-state index contributed by atoms with van der Waals surface area (Å²) in [5, 5.41) is 4.67. The number of methoxy groups -OCH3 is 1. The molecule has 0 bridgehead atoms. The Balaban J connectivity index is 1.74. The molecule has 2 fully saturated rings. The van der Waals surface area contributed by atoms with Gasteiger partial charge < -0.3 is 14.8 Å². The van der Waals surface area contributed by atoms with Crippen LogP contribution in [0.2, 0.25) is 0 Å². The number of ether oxygens (including phenoxy) is 2. The highest BCUT2D eigenvalue weighted by atomic mass is 16.9. The second-order valence-corrected chi connectivity index (χ2v) is 8.44. The van der Waals surface area contributed by atoms with E-state index in [4.69, 9.17) is 14.3 Å². The minimum absolute atomic E-state index is 0.237. The Kier molecular flexibility index (Phi) is 5.95. The molecule has 0 radical (unpaired) electrons. The fourth-order valence-electron chi connectivity index (χ4n) is 3.85. The second-order valence-electron chi connectivity index (χ2n) is 8.44. The number of rotatable bonds is 5. The van der Waals surface area contributed by atoms with Crippen LogP contribution in [-0.4, -0.2) is 47.6 Å². The Bertz CT molecular complexity index is 702. The summed E-state index contributed by atoms with van der Waals surface area (Å²) >= 11 is 0. The average Bonchev–Trinajstić information content (AvgIpc) is 3.34. The predicted molar refractivity (Wildman–Crippen MR) is 103 cm³/mol. The number of nitrogens with zero attached hydrogens (tertiary/aromatic N) is 1. The lowest BCUT2D eigenvalue weighted by Crippen LogP contribution is -2.52. The van der Waals surface area contributed by atoms with Gasteiger partial charge in [0.05, 0.1) is 13.2 Å². The Morgan fingerprint density at radius 3 is 2.64 bits per heavy atom. The van der Waals surface area contributed by atoms with Crippen LogP contribution in [0.5, 0.6) is 0 Å². The molecule has 2 aliphatic rings. The van der Waals surface area contributed by atoms with Crippen LogP contribution in [0.4, 0.5) is 4.79 Å². The number of alkyl carbamates (subject to hydrolysis) is 1. The van der Waals surface area contributed by atoms with E-state index in [9.17, 15) is 9.59 Å². The van der Waals surface area contributed by atoms with E-state index in [1.165, 1.54) is 7.11 Å². The maximum atomic E-state index is 12.5. The van der Waals surface area contributed by atoms with E-state index in [0.29, 0.717) is 6.42 Å². The van der Waals surface area contributed by atoms with Crippen LogP contribution >= 0.6 is 0 Å². The summed E-state index contributed by atoms with van der Waals surface area (Å²) in [6.07, 6.45) is 3.49. The van der Waals surface area contributed by atoms with Crippen LogP contribution in [0, 0.1) is 0 Å². The molecule has 1 spiro atoms. The summed E-state index contributed by atoms with van der Waals surface area (Å²) in [6.45, 7) is 5.49. The number of carbonyl (C=O) groups excluding carboxylic acids is 2. The maximum Gasteiger partial charge on any atom is 0.408 e. The SMILES string of the molecule is COC(=O)[C@H](Cc1ccccc1)N1O[C@]12CCCC[C@@H]2NC(=O)OC(C)(C)C. The molecule has 1 unspecified atom stereocenters. The van der Waals surface area contributed by atoms with Crippen molar-refractivity contribution >= 4 is 12.1 Å². The lowest BCUT2D eigenvalue weighted by Gasteiger charge is -2.31. The van der Waals surface area contributed by atoms with Crippen LogP contribution in [0.1, 0.15) is 52.0 Å². The Labute approximate surface area is 166 Å². The van der Waals surface area contributed by atoms with Gasteiger partial charge in [-0.15, -0.1) is 5.06 Å². The van der Waals surface area contributed by atoms with Gasteiger partial charge in [-0.1, -0.05) is 36.8 Å². The molecule has 1 saturated carbocycles. The Morgan fingerprint density at radius 2 is 2.00 bits per heavy atom. The summed E-state index contributed by atoms with van der Waals surface area (Å²) in [5.74, 6) is -0.345. The minimum atomic E-state index is -0.678. The first-order valence-corrected chi connectivity index (χ1v) is 9.85. The molecule has 7 nitrogen and oxygen atoms in total. The van der Waals surface area contributed by atoms with Crippen LogP contribution in [0.25, 0.3) is 0 Å². The lowest BCUT2D eigenvalue weighted by molar-refractivity contribution is -0.147. The van der Waals surface area contributed by atoms with Gasteiger partial charge in [-0.3, -0.25) is 9.63 Å². The normalized spacial score (nSPS) is 27.7. The number of esters is 1. The van der Waals surface area contributed by atoms with E-state index in [1.807, 2.05) is 51.1 Å². The molecular weight excluding hydrogens is 360 g/mol. The van der Waals surface area contributed by atoms with Gasteiger partial charge in [0.15, 0.2) is 5.72 Å². The first-order chi connectivity index (χ1) is 13.2. The molecule has 1 aromatic carbocycles. The second kappa shape index (κ2) is 8.09. The van der Waals surface area contributed by atoms with Crippen molar-refractivity contribution in [2.45, 2.75) is 76.3 Å². The zero-order valence-corrected chi connectivity index (χ0v) is 17.1. The van der Waals surface area contributed by atoms with Crippen molar-refractivity contribution in [3.8, 4) is 0 Å². The van der Waals surface area contributed by atoms with Crippen LogP contribution in [-0.2, 0) is 25.5 Å². The van der Waals surface area contributed by atoms with Crippen molar-refractivity contribution < 1.29 is 23.9 Å². The van der Waals surface area contributed by atoms with Gasteiger partial charge in [0.2, 0.25) is 0 Å². The number of hydrogen-bond acceptors (Lipinski definition) is 6. The van der Waals surface area contributed by atoms with E-state index in [-0.39, 0.29) is 12.0 Å². The number of benzene rings is 1. The third-order valence-corrected chi connectivity index (χ3v) is 5.14. The Morgan fingerprint density at radius 1 is 1.29 bits per heavy atom. The molecule has 1 amide bonds. The largest absolute Gasteiger partial charge is 0.468 e. The monoisotopic (exact) mass is 390 g/mol. The maximum absolute atomic E-state index is 12.5. The summed E-state index contributed by atoms with van der Waals surface area (Å²) in [5.41, 5.74) is -0.225. The van der Waals surface area contributed by atoms with E-state index in [2.05, 4.69) is 5.32 Å². The molecule has 1 saturated heterocycles. The standard InChI is InChI=1S/C21H30N2O5/c1-20(2,3)27-19(25)22-17-12-8-9-13-21(17)23(28-21)16(18(24)26-4)14-15-10-6-5-7-11-15/h5-7,10-11,16-17H,8-9,12-14H2,1-4H3,(H,22,25)/t16-,17-,21-,23?/m0/s1. The fraction of sp³-hybridized carbons (Fsp3) is 0.619. The molecular formula is C21H30N2O5. The quantitative estimate of drug-likeness (QED) is 0.614. The highest BCUT2D eigenvalue weighted by molar-refractivity contribution is 5.76. The van der Waals surface area contributed by atoms with Crippen LogP contribution in [0.15, 0.2) is 30.3 Å². The third-order valence-electron chi connectivity index (χ3n) is 5.14. The highest BCUT2D eigenvalue weighted by Crippen LogP contribution is 2.49. The van der Waals surface area contributed by atoms with Gasteiger partial charge in [0, 0.05) is 6.42 Å². The van der Waals surface area contributed by atoms with Crippen molar-refractivity contribution in [1.82, 2.24) is 10.4 Å². The van der Waals surface area contributed by atoms with Gasteiger partial charge in [0.25, 0.3) is 0 Å². The van der Waals surface area contributed by atoms with E-state index < -0.39 is 23.5 Å². The minimum Gasteiger partial charge on any atom is -0.468 e. The smallest absolute Gasteiger partial charge is 0.408 e. The molecule has 4 atom stereocenters. The predicted octanol–water partition coefficient (Wildman–Crippen LogP) is 3.18. The van der Waals surface area contributed by atoms with E-state index in [1.54, 1.807) is 5.06 Å². The van der Waals surface area contributed by atoms with Gasteiger partial charge in [0.1, 0.15) is 11.6 Å². The van der Waals surface area contributed by atoms with Crippen molar-refractivity contribution in [2.24, 2.45) is 0 Å². The van der Waals surface area contributed by atoms with Gasteiger partial charge in [-0.2, -0.15) is 0 Å². The topological polar surface area (TPSA) is 80.2 Å². The molecule has 154 valence electrons. The van der Waals surface area contributed by atoms with Crippen molar-refractivity contribution in [3.05, 3.63) is 35.9 Å². The molecule has 1 N–H and O–H groups in total. The highest BCUT2D eigenvalue weighted by Gasteiger charge is 2.65. The van der Waals surface area contributed by atoms with Gasteiger partial charge >= 0.3 is 12.1 Å². The molecule has 1 aliphatic heterocycles. The molecule has 28 heavy (non-hydrogen) atoms. The van der Waals surface area contributed by atoms with Gasteiger partial charge in [-0.05, 0) is 45.6 Å². The van der Waals surface area contributed by atoms with Crippen molar-refractivity contribution in [2.75, 3.05) is 7.11 Å². The molecule has 1 aliphatic carbocycles. The number of carbonyl (C=O) groups is 2. The summed E-state index contributed by atoms with van der Waals surface area (Å²) < 4.78 is 10.4. The molecule has 1 heterocycles.